The van der Waals surface area contributed by atoms with Gasteiger partial charge in [0.2, 0.25) is 15.9 Å². The van der Waals surface area contributed by atoms with E-state index < -0.39 is 10.0 Å². The van der Waals surface area contributed by atoms with E-state index in [1.54, 1.807) is 0 Å². The van der Waals surface area contributed by atoms with E-state index >= 15 is 0 Å². The first-order valence-corrected chi connectivity index (χ1v) is 9.40. The minimum atomic E-state index is -3.66. The summed E-state index contributed by atoms with van der Waals surface area (Å²) in [6, 6.07) is 4.37. The summed E-state index contributed by atoms with van der Waals surface area (Å²) >= 11 is 0. The van der Waals surface area contributed by atoms with Gasteiger partial charge in [-0.15, -0.1) is 0 Å². The minimum Gasteiger partial charge on any atom is -0.492 e. The van der Waals surface area contributed by atoms with Gasteiger partial charge in [0.05, 0.1) is 23.3 Å². The van der Waals surface area contributed by atoms with Crippen molar-refractivity contribution in [2.45, 2.75) is 45.1 Å². The van der Waals surface area contributed by atoms with Crippen molar-refractivity contribution >= 4 is 21.6 Å². The third-order valence-electron chi connectivity index (χ3n) is 2.94. The van der Waals surface area contributed by atoms with Crippen LogP contribution in [-0.4, -0.2) is 40.2 Å². The minimum absolute atomic E-state index is 0.0690. The first-order chi connectivity index (χ1) is 11.3. The molecule has 0 aromatic heterocycles. The Morgan fingerprint density at radius 3 is 2.58 bits per heavy atom. The van der Waals surface area contributed by atoms with Gasteiger partial charge >= 0.3 is 0 Å². The molecule has 0 atom stereocenters. The highest BCUT2D eigenvalue weighted by Gasteiger charge is 2.16. The summed E-state index contributed by atoms with van der Waals surface area (Å²) in [7, 11) is -3.66. The van der Waals surface area contributed by atoms with Crippen LogP contribution in [0.3, 0.4) is 0 Å². The summed E-state index contributed by atoms with van der Waals surface area (Å²) in [5.41, 5.74) is 0.329. The molecule has 0 saturated heterocycles. The maximum atomic E-state index is 12.3. The lowest BCUT2D eigenvalue weighted by Gasteiger charge is -2.13. The number of carbonyl (C=O) groups is 1. The molecule has 24 heavy (non-hydrogen) atoms. The fraction of sp³-hybridized carbons (Fsp3) is 0.562. The second-order valence-electron chi connectivity index (χ2n) is 5.44. The number of carbonyl (C=O) groups excluding carboxylic acids is 1. The molecule has 2 N–H and O–H groups in total. The fourth-order valence-electron chi connectivity index (χ4n) is 1.93. The van der Waals surface area contributed by atoms with E-state index in [9.17, 15) is 13.2 Å². The van der Waals surface area contributed by atoms with Crippen LogP contribution in [0.4, 0.5) is 5.69 Å². The standard InChI is InChI=1S/C16H26N2O5S/c1-5-22-16-8-7-14(11-15(16)18-13(4)19)24(20,21)17-9-6-10-23-12(2)3/h7-8,11-12,17H,5-6,9-10H2,1-4H3,(H,18,19). The Balaban J connectivity index is 2.81. The quantitative estimate of drug-likeness (QED) is 0.625. The lowest BCUT2D eigenvalue weighted by atomic mass is 10.3. The van der Waals surface area contributed by atoms with Crippen molar-refractivity contribution in [1.29, 1.82) is 0 Å². The molecular weight excluding hydrogens is 332 g/mol. The molecule has 0 aliphatic heterocycles. The summed E-state index contributed by atoms with van der Waals surface area (Å²) in [6.45, 7) is 8.18. The molecule has 0 radical (unpaired) electrons. The first-order valence-electron chi connectivity index (χ1n) is 7.92. The molecule has 8 heteroatoms. The van der Waals surface area contributed by atoms with Gasteiger partial charge < -0.3 is 14.8 Å². The highest BCUT2D eigenvalue weighted by Crippen LogP contribution is 2.27. The Kier molecular flexibility index (Phi) is 8.17. The second-order valence-corrected chi connectivity index (χ2v) is 7.21. The van der Waals surface area contributed by atoms with Gasteiger partial charge in [-0.2, -0.15) is 0 Å². The van der Waals surface area contributed by atoms with Crippen molar-refractivity contribution in [3.05, 3.63) is 18.2 Å². The molecular formula is C16H26N2O5S. The molecule has 0 heterocycles. The molecule has 0 unspecified atom stereocenters. The topological polar surface area (TPSA) is 93.7 Å². The number of nitrogens with one attached hydrogen (secondary N) is 2. The van der Waals surface area contributed by atoms with E-state index in [4.69, 9.17) is 9.47 Å². The second kappa shape index (κ2) is 9.61. The van der Waals surface area contributed by atoms with Gasteiger partial charge in [0.15, 0.2) is 0 Å². The maximum absolute atomic E-state index is 12.3. The molecule has 1 rings (SSSR count). The lowest BCUT2D eigenvalue weighted by Crippen LogP contribution is -2.26. The molecule has 136 valence electrons. The van der Waals surface area contributed by atoms with E-state index in [0.717, 1.165) is 0 Å². The molecule has 1 aromatic carbocycles. The number of anilines is 1. The van der Waals surface area contributed by atoms with Gasteiger partial charge in [-0.05, 0) is 45.4 Å². The van der Waals surface area contributed by atoms with Crippen LogP contribution in [0.5, 0.6) is 5.75 Å². The lowest BCUT2D eigenvalue weighted by molar-refractivity contribution is -0.114. The summed E-state index contributed by atoms with van der Waals surface area (Å²) in [5, 5.41) is 2.58. The molecule has 0 aliphatic rings. The number of sulfonamides is 1. The van der Waals surface area contributed by atoms with Crippen LogP contribution in [0.1, 0.15) is 34.1 Å². The fourth-order valence-corrected chi connectivity index (χ4v) is 3.03. The van der Waals surface area contributed by atoms with Crippen molar-refractivity contribution in [3.8, 4) is 5.75 Å². The Hall–Kier alpha value is -1.64. The average molecular weight is 358 g/mol. The largest absolute Gasteiger partial charge is 0.492 e. The Morgan fingerprint density at radius 1 is 1.29 bits per heavy atom. The monoisotopic (exact) mass is 358 g/mol. The number of amides is 1. The molecule has 0 bridgehead atoms. The number of hydrogen-bond donors (Lipinski definition) is 2. The summed E-state index contributed by atoms with van der Waals surface area (Å²) < 4.78 is 37.9. The van der Waals surface area contributed by atoms with E-state index in [-0.39, 0.29) is 23.5 Å². The molecule has 0 saturated carbocycles. The van der Waals surface area contributed by atoms with Gasteiger partial charge in [0, 0.05) is 20.1 Å². The molecule has 7 nitrogen and oxygen atoms in total. The van der Waals surface area contributed by atoms with Gasteiger partial charge in [0.1, 0.15) is 5.75 Å². The summed E-state index contributed by atoms with van der Waals surface area (Å²) in [5.74, 6) is 0.126. The van der Waals surface area contributed by atoms with E-state index in [2.05, 4.69) is 10.0 Å². The van der Waals surface area contributed by atoms with Crippen molar-refractivity contribution < 1.29 is 22.7 Å². The number of ether oxygens (including phenoxy) is 2. The van der Waals surface area contributed by atoms with Crippen molar-refractivity contribution in [1.82, 2.24) is 4.72 Å². The van der Waals surface area contributed by atoms with Crippen LogP contribution in [0.2, 0.25) is 0 Å². The number of benzene rings is 1. The van der Waals surface area contributed by atoms with Crippen LogP contribution in [0, 0.1) is 0 Å². The van der Waals surface area contributed by atoms with E-state index in [0.29, 0.717) is 31.1 Å². The molecule has 0 fully saturated rings. The van der Waals surface area contributed by atoms with Crippen LogP contribution in [0.25, 0.3) is 0 Å². The summed E-state index contributed by atoms with van der Waals surface area (Å²) in [6.07, 6.45) is 0.695. The predicted octanol–water partition coefficient (Wildman–Crippen LogP) is 2.14. The first kappa shape index (κ1) is 20.4. The van der Waals surface area contributed by atoms with Crippen molar-refractivity contribution in [2.24, 2.45) is 0 Å². The van der Waals surface area contributed by atoms with Crippen LogP contribution in [-0.2, 0) is 19.6 Å². The zero-order valence-electron chi connectivity index (χ0n) is 14.6. The average Bonchev–Trinajstić information content (AvgIpc) is 2.47. The van der Waals surface area contributed by atoms with E-state index in [1.807, 2.05) is 20.8 Å². The van der Waals surface area contributed by atoms with Gasteiger partial charge in [-0.1, -0.05) is 0 Å². The smallest absolute Gasteiger partial charge is 0.240 e. The van der Waals surface area contributed by atoms with Crippen molar-refractivity contribution in [3.63, 3.8) is 0 Å². The van der Waals surface area contributed by atoms with Gasteiger partial charge in [-0.25, -0.2) is 13.1 Å². The Morgan fingerprint density at radius 2 is 2.00 bits per heavy atom. The van der Waals surface area contributed by atoms with Gasteiger partial charge in [0.25, 0.3) is 0 Å². The third kappa shape index (κ3) is 6.86. The molecule has 0 aliphatic carbocycles. The zero-order chi connectivity index (χ0) is 18.2. The number of hydrogen-bond acceptors (Lipinski definition) is 5. The van der Waals surface area contributed by atoms with Crippen LogP contribution < -0.4 is 14.8 Å². The normalized spacial score (nSPS) is 11.5. The molecule has 1 amide bonds. The predicted molar refractivity (Wildman–Crippen MR) is 92.8 cm³/mol. The van der Waals surface area contributed by atoms with E-state index in [1.165, 1.54) is 25.1 Å². The SMILES string of the molecule is CCOc1ccc(S(=O)(=O)NCCCOC(C)C)cc1NC(C)=O. The summed E-state index contributed by atoms with van der Waals surface area (Å²) in [4.78, 5) is 11.4. The van der Waals surface area contributed by atoms with Crippen LogP contribution in [0.15, 0.2) is 23.1 Å². The zero-order valence-corrected chi connectivity index (χ0v) is 15.4. The van der Waals surface area contributed by atoms with Crippen molar-refractivity contribution in [2.75, 3.05) is 25.1 Å². The third-order valence-corrected chi connectivity index (χ3v) is 4.39. The number of rotatable bonds is 10. The highest BCUT2D eigenvalue weighted by molar-refractivity contribution is 7.89. The van der Waals surface area contributed by atoms with Crippen LogP contribution >= 0.6 is 0 Å². The molecule has 1 aromatic rings. The Bertz CT molecular complexity index is 644. The highest BCUT2D eigenvalue weighted by atomic mass is 32.2. The maximum Gasteiger partial charge on any atom is 0.240 e. The Labute approximate surface area is 143 Å². The molecule has 0 spiro atoms. The van der Waals surface area contributed by atoms with Gasteiger partial charge in [-0.3, -0.25) is 4.79 Å².